The first-order valence-electron chi connectivity index (χ1n) is 6.75. The summed E-state index contributed by atoms with van der Waals surface area (Å²) in [6.45, 7) is 1.35. The van der Waals surface area contributed by atoms with Crippen LogP contribution in [-0.4, -0.2) is 15.7 Å². The van der Waals surface area contributed by atoms with E-state index in [-0.39, 0.29) is 11.6 Å². The van der Waals surface area contributed by atoms with E-state index in [1.165, 1.54) is 18.0 Å². The van der Waals surface area contributed by atoms with Crippen molar-refractivity contribution in [3.05, 3.63) is 52.8 Å². The summed E-state index contributed by atoms with van der Waals surface area (Å²) in [5, 5.41) is 18.6. The molecule has 1 aliphatic rings. The van der Waals surface area contributed by atoms with Gasteiger partial charge in [0.25, 0.3) is 5.69 Å². The van der Waals surface area contributed by atoms with Crippen LogP contribution in [0.15, 0.2) is 30.6 Å². The van der Waals surface area contributed by atoms with Gasteiger partial charge >= 0.3 is 5.91 Å². The number of aryl methyl sites for hydroxylation is 1. The van der Waals surface area contributed by atoms with Crippen LogP contribution in [-0.2, 0) is 19.5 Å². The Labute approximate surface area is 116 Å². The molecule has 0 saturated heterocycles. The van der Waals surface area contributed by atoms with Crippen molar-refractivity contribution >= 4 is 5.91 Å². The van der Waals surface area contributed by atoms with Crippen LogP contribution in [0.3, 0.4) is 0 Å². The molecule has 6 nitrogen and oxygen atoms in total. The molecule has 0 bridgehead atoms. The van der Waals surface area contributed by atoms with Gasteiger partial charge in [0.1, 0.15) is 0 Å². The number of amides is 1. The lowest BCUT2D eigenvalue weighted by molar-refractivity contribution is -0.607. The van der Waals surface area contributed by atoms with Crippen molar-refractivity contribution in [2.75, 3.05) is 0 Å². The number of pyridine rings is 1. The molecule has 2 aromatic rings. The van der Waals surface area contributed by atoms with Gasteiger partial charge in [0.2, 0.25) is 0 Å². The van der Waals surface area contributed by atoms with Gasteiger partial charge < -0.3 is 10.5 Å². The van der Waals surface area contributed by atoms with Crippen LogP contribution in [0.1, 0.15) is 34.6 Å². The minimum Gasteiger partial charge on any atom is -0.618 e. The van der Waals surface area contributed by atoms with E-state index >= 15 is 0 Å². The normalized spacial score (nSPS) is 13.8. The average Bonchev–Trinajstić information content (AvgIpc) is 2.88. The molecule has 3 rings (SSSR count). The minimum absolute atomic E-state index is 0.105. The third-order valence-electron chi connectivity index (χ3n) is 3.56. The first kappa shape index (κ1) is 12.7. The Hall–Kier alpha value is -2.37. The fraction of sp³-hybridized carbons (Fsp3) is 0.357. The molecule has 0 saturated carbocycles. The molecule has 20 heavy (non-hydrogen) atoms. The van der Waals surface area contributed by atoms with Gasteiger partial charge in [-0.3, -0.25) is 9.48 Å². The lowest BCUT2D eigenvalue weighted by Gasteiger charge is -2.14. The number of carbonyl (C=O) groups is 1. The van der Waals surface area contributed by atoms with Crippen LogP contribution < -0.4 is 10.0 Å². The Morgan fingerprint density at radius 3 is 3.20 bits per heavy atom. The molecule has 0 spiro atoms. The van der Waals surface area contributed by atoms with Gasteiger partial charge in [-0.1, -0.05) is 0 Å². The van der Waals surface area contributed by atoms with Crippen molar-refractivity contribution in [2.24, 2.45) is 0 Å². The Kier molecular flexibility index (Phi) is 3.37. The smallest absolute Gasteiger partial charge is 0.317 e. The molecule has 3 heterocycles. The van der Waals surface area contributed by atoms with E-state index in [1.807, 2.05) is 4.68 Å². The number of nitrogens with one attached hydrogen (secondary N) is 1. The molecule has 0 atom stereocenters. The molecule has 2 aromatic heterocycles. The number of hydrogen-bond donors (Lipinski definition) is 1. The highest BCUT2D eigenvalue weighted by molar-refractivity contribution is 5.90. The fourth-order valence-electron chi connectivity index (χ4n) is 2.50. The lowest BCUT2D eigenvalue weighted by Crippen LogP contribution is -2.38. The number of carbonyl (C=O) groups excluding carboxylic acids is 1. The van der Waals surface area contributed by atoms with Gasteiger partial charge in [-0.05, 0) is 25.3 Å². The number of rotatable bonds is 3. The molecule has 104 valence electrons. The molecule has 0 aromatic carbocycles. The van der Waals surface area contributed by atoms with Gasteiger partial charge in [-0.25, -0.2) is 0 Å². The summed E-state index contributed by atoms with van der Waals surface area (Å²) in [6.07, 6.45) is 6.43. The lowest BCUT2D eigenvalue weighted by atomic mass is 10.1. The molecular formula is C14H16N4O2. The maximum absolute atomic E-state index is 12.0. The third-order valence-corrected chi connectivity index (χ3v) is 3.56. The van der Waals surface area contributed by atoms with Crippen LogP contribution in [0, 0.1) is 5.21 Å². The second-order valence-electron chi connectivity index (χ2n) is 4.89. The van der Waals surface area contributed by atoms with Crippen molar-refractivity contribution in [1.29, 1.82) is 0 Å². The summed E-state index contributed by atoms with van der Waals surface area (Å²) in [5.41, 5.74) is 2.33. The predicted molar refractivity (Wildman–Crippen MR) is 71.7 cm³/mol. The fourth-order valence-corrected chi connectivity index (χ4v) is 2.50. The largest absolute Gasteiger partial charge is 0.618 e. The summed E-state index contributed by atoms with van der Waals surface area (Å²) >= 11 is 0. The predicted octanol–water partition coefficient (Wildman–Crippen LogP) is 0.783. The molecule has 0 fully saturated rings. The van der Waals surface area contributed by atoms with E-state index in [4.69, 9.17) is 0 Å². The highest BCUT2D eigenvalue weighted by Crippen LogP contribution is 2.17. The topological polar surface area (TPSA) is 73.9 Å². The summed E-state index contributed by atoms with van der Waals surface area (Å²) < 4.78 is 2.57. The van der Waals surface area contributed by atoms with Gasteiger partial charge in [0.15, 0.2) is 6.20 Å². The first-order valence-corrected chi connectivity index (χ1v) is 6.75. The van der Waals surface area contributed by atoms with E-state index in [9.17, 15) is 10.0 Å². The zero-order chi connectivity index (χ0) is 13.9. The summed E-state index contributed by atoms with van der Waals surface area (Å²) in [6, 6.07) is 4.78. The second-order valence-corrected chi connectivity index (χ2v) is 4.89. The Bertz CT molecular complexity index is 636. The van der Waals surface area contributed by atoms with Crippen LogP contribution in [0.25, 0.3) is 0 Å². The number of aromatic nitrogens is 3. The van der Waals surface area contributed by atoms with Gasteiger partial charge in [0, 0.05) is 36.5 Å². The number of fused-ring (bicyclic) bond motifs is 1. The quantitative estimate of drug-likeness (QED) is 0.663. The molecular weight excluding hydrogens is 256 g/mol. The van der Waals surface area contributed by atoms with Crippen molar-refractivity contribution in [3.63, 3.8) is 0 Å². The SMILES string of the molecule is O=C(NCc1cnn2c1CCCC2)c1cccc[n+]1[O-]. The average molecular weight is 272 g/mol. The van der Waals surface area contributed by atoms with Crippen LogP contribution >= 0.6 is 0 Å². The van der Waals surface area contributed by atoms with Gasteiger partial charge in [0.05, 0.1) is 6.20 Å². The molecule has 0 aliphatic carbocycles. The van der Waals surface area contributed by atoms with E-state index in [2.05, 4.69) is 10.4 Å². The summed E-state index contributed by atoms with van der Waals surface area (Å²) in [5.74, 6) is -0.364. The molecule has 1 amide bonds. The standard InChI is InChI=1S/C14H16N4O2/c19-14(13-6-2-4-8-18(13)20)15-9-11-10-16-17-7-3-1-5-12(11)17/h2,4,6,8,10H,1,3,5,7,9H2,(H,15,19). The van der Waals surface area contributed by atoms with E-state index < -0.39 is 0 Å². The zero-order valence-electron chi connectivity index (χ0n) is 11.1. The van der Waals surface area contributed by atoms with Gasteiger partial charge in [-0.15, -0.1) is 0 Å². The molecule has 0 unspecified atom stereocenters. The van der Waals surface area contributed by atoms with E-state index in [0.717, 1.165) is 31.4 Å². The minimum atomic E-state index is -0.364. The van der Waals surface area contributed by atoms with Gasteiger partial charge in [-0.2, -0.15) is 9.83 Å². The summed E-state index contributed by atoms with van der Waals surface area (Å²) in [7, 11) is 0. The van der Waals surface area contributed by atoms with Crippen molar-refractivity contribution in [2.45, 2.75) is 32.4 Å². The highest BCUT2D eigenvalue weighted by atomic mass is 16.5. The maximum Gasteiger partial charge on any atom is 0.317 e. The molecule has 1 aliphatic heterocycles. The first-order chi connectivity index (χ1) is 9.75. The van der Waals surface area contributed by atoms with Crippen LogP contribution in [0.4, 0.5) is 0 Å². The Balaban J connectivity index is 1.69. The van der Waals surface area contributed by atoms with Crippen LogP contribution in [0.5, 0.6) is 0 Å². The van der Waals surface area contributed by atoms with Crippen molar-refractivity contribution in [1.82, 2.24) is 15.1 Å². The third kappa shape index (κ3) is 2.36. The van der Waals surface area contributed by atoms with E-state index in [0.29, 0.717) is 11.3 Å². The van der Waals surface area contributed by atoms with E-state index in [1.54, 1.807) is 18.3 Å². The zero-order valence-corrected chi connectivity index (χ0v) is 11.1. The summed E-state index contributed by atoms with van der Waals surface area (Å²) in [4.78, 5) is 12.0. The molecule has 1 N–H and O–H groups in total. The number of nitrogens with zero attached hydrogens (tertiary/aromatic N) is 3. The molecule has 6 heteroatoms. The van der Waals surface area contributed by atoms with Crippen molar-refractivity contribution in [3.8, 4) is 0 Å². The Morgan fingerprint density at radius 1 is 1.45 bits per heavy atom. The second kappa shape index (κ2) is 5.32. The monoisotopic (exact) mass is 272 g/mol. The molecule has 0 radical (unpaired) electrons. The highest BCUT2D eigenvalue weighted by Gasteiger charge is 2.18. The van der Waals surface area contributed by atoms with Crippen molar-refractivity contribution < 1.29 is 9.52 Å². The Morgan fingerprint density at radius 2 is 2.35 bits per heavy atom. The van der Waals surface area contributed by atoms with Crippen LogP contribution in [0.2, 0.25) is 0 Å². The number of hydrogen-bond acceptors (Lipinski definition) is 3. The maximum atomic E-state index is 12.0.